The van der Waals surface area contributed by atoms with Crippen LogP contribution in [0.5, 0.6) is 0 Å². The number of ketones is 1. The molecule has 2 amide bonds. The molecule has 0 unspecified atom stereocenters. The lowest BCUT2D eigenvalue weighted by atomic mass is 9.95. The van der Waals surface area contributed by atoms with Gasteiger partial charge in [0.15, 0.2) is 0 Å². The van der Waals surface area contributed by atoms with Crippen LogP contribution in [-0.4, -0.2) is 75.7 Å². The molecule has 6 rings (SSSR count). The first-order chi connectivity index (χ1) is 20.3. The Morgan fingerprint density at radius 1 is 0.857 bits per heavy atom. The third-order valence-corrected chi connectivity index (χ3v) is 8.81. The summed E-state index contributed by atoms with van der Waals surface area (Å²) in [5, 5.41) is 0.700. The lowest BCUT2D eigenvalue weighted by Gasteiger charge is -2.43. The van der Waals surface area contributed by atoms with Gasteiger partial charge in [0, 0.05) is 50.3 Å². The minimum absolute atomic E-state index is 0.0677. The van der Waals surface area contributed by atoms with Crippen molar-refractivity contribution < 1.29 is 14.4 Å². The largest absolute Gasteiger partial charge is 0.339 e. The van der Waals surface area contributed by atoms with E-state index in [0.29, 0.717) is 49.2 Å². The molecule has 4 aromatic rings. The number of aromatic nitrogens is 1. The number of rotatable bonds is 6. The second-order valence-corrected chi connectivity index (χ2v) is 11.6. The zero-order valence-corrected chi connectivity index (χ0v) is 24.3. The van der Waals surface area contributed by atoms with Crippen molar-refractivity contribution in [3.63, 3.8) is 0 Å². The number of halogens is 1. The molecule has 0 aliphatic carbocycles. The van der Waals surface area contributed by atoms with Gasteiger partial charge in [-0.2, -0.15) is 0 Å². The quantitative estimate of drug-likeness (QED) is 0.201. The zero-order valence-electron chi connectivity index (χ0n) is 23.6. The number of Topliss-reactive ketones (excluding diaryl/α,β-unsaturated/α-hetero) is 1. The molecule has 9 heteroatoms. The monoisotopic (exact) mass is 583 g/mol. The van der Waals surface area contributed by atoms with Gasteiger partial charge in [0.1, 0.15) is 0 Å². The minimum Gasteiger partial charge on any atom is -0.339 e. The van der Waals surface area contributed by atoms with E-state index < -0.39 is 11.7 Å². The number of nitrogens with zero attached hydrogens (tertiary/aromatic N) is 4. The van der Waals surface area contributed by atoms with Gasteiger partial charge < -0.3 is 15.6 Å². The van der Waals surface area contributed by atoms with Crippen molar-refractivity contribution >= 4 is 40.1 Å². The first-order valence-corrected chi connectivity index (χ1v) is 14.8. The number of likely N-dealkylation sites (tertiary alicyclic amines) is 1. The highest BCUT2D eigenvalue weighted by atomic mass is 35.5. The molecule has 216 valence electrons. The Morgan fingerprint density at radius 3 is 2.07 bits per heavy atom. The molecule has 2 aliphatic heterocycles. The number of carbonyl (C=O) groups is 3. The molecule has 1 atom stereocenters. The van der Waals surface area contributed by atoms with E-state index in [-0.39, 0.29) is 28.6 Å². The lowest BCUT2D eigenvalue weighted by Crippen LogP contribution is -2.54. The summed E-state index contributed by atoms with van der Waals surface area (Å²) >= 11 is 6.64. The van der Waals surface area contributed by atoms with Crippen LogP contribution in [0.25, 0.3) is 10.9 Å². The van der Waals surface area contributed by atoms with E-state index in [1.807, 2.05) is 24.0 Å². The van der Waals surface area contributed by atoms with E-state index in [9.17, 15) is 14.4 Å². The fourth-order valence-corrected chi connectivity index (χ4v) is 6.59. The zero-order chi connectivity index (χ0) is 29.4. The van der Waals surface area contributed by atoms with Gasteiger partial charge in [0.05, 0.1) is 27.7 Å². The molecule has 0 spiro atoms. The minimum atomic E-state index is -0.623. The van der Waals surface area contributed by atoms with E-state index >= 15 is 0 Å². The van der Waals surface area contributed by atoms with E-state index in [1.165, 1.54) is 22.0 Å². The number of fused-ring (bicyclic) bond motifs is 1. The Hall–Kier alpha value is -4.14. The summed E-state index contributed by atoms with van der Waals surface area (Å²) in [7, 11) is 0. The maximum absolute atomic E-state index is 13.9. The van der Waals surface area contributed by atoms with Crippen molar-refractivity contribution in [1.29, 1.82) is 0 Å². The molecular formula is C33H34ClN5O3. The molecule has 3 aromatic carbocycles. The van der Waals surface area contributed by atoms with Crippen molar-refractivity contribution in [3.05, 3.63) is 106 Å². The van der Waals surface area contributed by atoms with Crippen LogP contribution in [0.2, 0.25) is 5.02 Å². The van der Waals surface area contributed by atoms with Crippen LogP contribution in [0.4, 0.5) is 0 Å². The topological polar surface area (TPSA) is 91.9 Å². The maximum Gasteiger partial charge on any atom is 0.295 e. The summed E-state index contributed by atoms with van der Waals surface area (Å²) < 4.78 is 1.29. The molecule has 8 nitrogen and oxygen atoms in total. The number of hydrogen-bond donors (Lipinski definition) is 1. The van der Waals surface area contributed by atoms with Gasteiger partial charge in [-0.05, 0) is 43.0 Å². The van der Waals surface area contributed by atoms with Gasteiger partial charge in [0.25, 0.3) is 17.6 Å². The standard InChI is InChI=1S/C33H34ClN5O3/c1-22-20-37(30(23-10-4-2-5-11-23)24-12-6-3-7-13-24)16-17-38(22)32(41)26-18-25-27(21-39(35)29(25)19-28(26)34)31(40)33(42)36-14-8-9-15-36/h2-7,10-13,18-19,21-22,30H,8-9,14-17,20,35H2,1H3/t22-/m1/s1. The van der Waals surface area contributed by atoms with Crippen LogP contribution < -0.4 is 5.84 Å². The molecule has 42 heavy (non-hydrogen) atoms. The summed E-state index contributed by atoms with van der Waals surface area (Å²) in [5.41, 5.74) is 3.37. The molecule has 2 saturated heterocycles. The number of piperazine rings is 1. The van der Waals surface area contributed by atoms with Crippen LogP contribution in [0.3, 0.4) is 0 Å². The van der Waals surface area contributed by atoms with Gasteiger partial charge >= 0.3 is 0 Å². The van der Waals surface area contributed by atoms with Crippen LogP contribution in [-0.2, 0) is 4.79 Å². The summed E-state index contributed by atoms with van der Waals surface area (Å²) in [6, 6.07) is 24.0. The lowest BCUT2D eigenvalue weighted by molar-refractivity contribution is -0.125. The van der Waals surface area contributed by atoms with E-state index in [1.54, 1.807) is 17.0 Å². The van der Waals surface area contributed by atoms with Gasteiger partial charge in [-0.1, -0.05) is 72.3 Å². The SMILES string of the molecule is C[C@@H]1CN(C(c2ccccc2)c2ccccc2)CCN1C(=O)c1cc2c(C(=O)C(=O)N3CCCC3)cn(N)c2cc1Cl. The molecule has 0 radical (unpaired) electrons. The Balaban J connectivity index is 1.26. The van der Waals surface area contributed by atoms with Crippen LogP contribution >= 0.6 is 11.6 Å². The third kappa shape index (κ3) is 5.16. The number of nitrogen functional groups attached to an aromatic ring is 1. The fourth-order valence-electron chi connectivity index (χ4n) is 6.36. The normalized spacial score (nSPS) is 17.7. The van der Waals surface area contributed by atoms with Crippen molar-refractivity contribution in [2.24, 2.45) is 0 Å². The molecule has 2 fully saturated rings. The number of nitrogens with two attached hydrogens (primary N) is 1. The number of amides is 2. The average molecular weight is 584 g/mol. The van der Waals surface area contributed by atoms with Gasteiger partial charge in [0.2, 0.25) is 0 Å². The molecule has 0 bridgehead atoms. The van der Waals surface area contributed by atoms with Crippen LogP contribution in [0.1, 0.15) is 57.7 Å². The van der Waals surface area contributed by atoms with Crippen molar-refractivity contribution in [2.75, 3.05) is 38.6 Å². The molecule has 1 aromatic heterocycles. The molecule has 2 aliphatic rings. The number of benzene rings is 3. The summed E-state index contributed by atoms with van der Waals surface area (Å²) in [6.45, 7) is 5.05. The molecular weight excluding hydrogens is 550 g/mol. The second-order valence-electron chi connectivity index (χ2n) is 11.2. The first-order valence-electron chi connectivity index (χ1n) is 14.4. The number of hydrogen-bond acceptors (Lipinski definition) is 5. The maximum atomic E-state index is 13.9. The van der Waals surface area contributed by atoms with Crippen LogP contribution in [0, 0.1) is 0 Å². The van der Waals surface area contributed by atoms with Crippen molar-refractivity contribution in [3.8, 4) is 0 Å². The van der Waals surface area contributed by atoms with E-state index in [0.717, 1.165) is 12.8 Å². The Morgan fingerprint density at radius 2 is 1.48 bits per heavy atom. The predicted molar refractivity (Wildman–Crippen MR) is 164 cm³/mol. The highest BCUT2D eigenvalue weighted by Crippen LogP contribution is 2.33. The van der Waals surface area contributed by atoms with Crippen molar-refractivity contribution in [2.45, 2.75) is 31.8 Å². The molecule has 2 N–H and O–H groups in total. The number of carbonyl (C=O) groups excluding carboxylic acids is 3. The molecule has 0 saturated carbocycles. The van der Waals surface area contributed by atoms with Gasteiger partial charge in [-0.3, -0.25) is 24.0 Å². The van der Waals surface area contributed by atoms with Crippen molar-refractivity contribution in [1.82, 2.24) is 19.4 Å². The summed E-state index contributed by atoms with van der Waals surface area (Å²) in [6.07, 6.45) is 3.21. The van der Waals surface area contributed by atoms with E-state index in [2.05, 4.69) is 53.4 Å². The highest BCUT2D eigenvalue weighted by molar-refractivity contribution is 6.45. The van der Waals surface area contributed by atoms with Crippen LogP contribution in [0.15, 0.2) is 79.0 Å². The third-order valence-electron chi connectivity index (χ3n) is 8.50. The first kappa shape index (κ1) is 28.0. The molecule has 3 heterocycles. The van der Waals surface area contributed by atoms with Gasteiger partial charge in [-0.15, -0.1) is 0 Å². The summed E-state index contributed by atoms with van der Waals surface area (Å²) in [5.74, 6) is 4.77. The Kier molecular flexibility index (Phi) is 7.75. The smallest absolute Gasteiger partial charge is 0.295 e. The second kappa shape index (κ2) is 11.6. The fraction of sp³-hybridized carbons (Fsp3) is 0.303. The summed E-state index contributed by atoms with van der Waals surface area (Å²) in [4.78, 5) is 45.9. The predicted octanol–water partition coefficient (Wildman–Crippen LogP) is 4.75. The average Bonchev–Trinajstić information content (AvgIpc) is 3.66. The van der Waals surface area contributed by atoms with Gasteiger partial charge in [-0.25, -0.2) is 0 Å². The Bertz CT molecular complexity index is 1590. The highest BCUT2D eigenvalue weighted by Gasteiger charge is 2.34. The Labute approximate surface area is 250 Å². The van der Waals surface area contributed by atoms with E-state index in [4.69, 9.17) is 17.4 Å².